The first-order valence-corrected chi connectivity index (χ1v) is 11.9. The fourth-order valence-electron chi connectivity index (χ4n) is 3.31. The molecule has 0 spiro atoms. The molecule has 16 nitrogen and oxygen atoms in total. The summed E-state index contributed by atoms with van der Waals surface area (Å²) < 4.78 is 25.8. The molecule has 17 heteroatoms. The second kappa shape index (κ2) is 12.0. The molecule has 1 saturated heterocycles. The van der Waals surface area contributed by atoms with Gasteiger partial charge in [-0.15, -0.1) is 0 Å². The van der Waals surface area contributed by atoms with Crippen molar-refractivity contribution in [3.05, 3.63) is 67.8 Å². The van der Waals surface area contributed by atoms with Crippen LogP contribution in [0.15, 0.2) is 56.0 Å². The Kier molecular flexibility index (Phi) is 8.99. The van der Waals surface area contributed by atoms with Crippen LogP contribution in [0.1, 0.15) is 20.1 Å². The number of aliphatic hydroxyl groups excluding tert-OH is 2. The summed E-state index contributed by atoms with van der Waals surface area (Å²) in [7, 11) is -2.73. The van der Waals surface area contributed by atoms with E-state index in [4.69, 9.17) is 24.3 Å². The van der Waals surface area contributed by atoms with Crippen LogP contribution < -0.4 is 25.4 Å². The van der Waals surface area contributed by atoms with Gasteiger partial charge in [-0.25, -0.2) is 9.59 Å². The Labute approximate surface area is 209 Å². The number of aliphatic hydroxyl groups is 2. The predicted octanol–water partition coefficient (Wildman–Crippen LogP) is 0.0590. The van der Waals surface area contributed by atoms with Gasteiger partial charge in [0.15, 0.2) is 18.0 Å². The predicted molar refractivity (Wildman–Crippen MR) is 123 cm³/mol. The summed E-state index contributed by atoms with van der Waals surface area (Å²) in [6.45, 7) is 2.44. The van der Waals surface area contributed by atoms with Gasteiger partial charge in [-0.2, -0.15) is 0 Å². The summed E-state index contributed by atoms with van der Waals surface area (Å²) in [6.07, 6.45) is -4.13. The summed E-state index contributed by atoms with van der Waals surface area (Å²) in [4.78, 5) is 52.2. The van der Waals surface area contributed by atoms with Crippen molar-refractivity contribution in [3.8, 4) is 11.5 Å². The van der Waals surface area contributed by atoms with Crippen molar-refractivity contribution in [3.63, 3.8) is 0 Å². The molecule has 0 bridgehead atoms. The number of hydrogen-bond acceptors (Lipinski definition) is 12. The number of nitrogens with one attached hydrogen (secondary N) is 1. The van der Waals surface area contributed by atoms with Gasteiger partial charge in [0.05, 0.1) is 6.61 Å². The molecular formula is C20H23N6O10P. The van der Waals surface area contributed by atoms with Crippen LogP contribution in [-0.4, -0.2) is 62.9 Å². The SMILES string of the molecule is CCOC(=O)[C@H](C)N=[P+]([O-])Oc1ccccc1OC[C@@]1(N=[N+]=[N-])O[C@@H](n2ccc(=O)[nH]c2=O)[C@H](O)[C@@H]1O. The Balaban J connectivity index is 1.82. The van der Waals surface area contributed by atoms with Gasteiger partial charge < -0.3 is 29.3 Å². The van der Waals surface area contributed by atoms with Gasteiger partial charge in [-0.05, 0) is 31.5 Å². The van der Waals surface area contributed by atoms with Crippen molar-refractivity contribution in [1.82, 2.24) is 9.55 Å². The van der Waals surface area contributed by atoms with Gasteiger partial charge in [0.25, 0.3) is 5.56 Å². The number of nitrogens with zero attached hydrogens (tertiary/aromatic N) is 5. The summed E-state index contributed by atoms with van der Waals surface area (Å²) >= 11 is 0. The largest absolute Gasteiger partial charge is 0.575 e. The van der Waals surface area contributed by atoms with E-state index < -0.39 is 62.2 Å². The Hall–Kier alpha value is -3.78. The van der Waals surface area contributed by atoms with Gasteiger partial charge in [0.1, 0.15) is 18.8 Å². The molecule has 1 unspecified atom stereocenters. The van der Waals surface area contributed by atoms with Gasteiger partial charge in [-0.1, -0.05) is 22.0 Å². The maximum absolute atomic E-state index is 12.3. The number of aromatic amines is 1. The molecule has 198 valence electrons. The minimum Gasteiger partial charge on any atom is -0.575 e. The molecule has 1 fully saturated rings. The second-order valence-corrected chi connectivity index (χ2v) is 8.49. The molecule has 1 aliphatic heterocycles. The van der Waals surface area contributed by atoms with Gasteiger partial charge in [0, 0.05) is 17.2 Å². The molecule has 3 rings (SSSR count). The van der Waals surface area contributed by atoms with Gasteiger partial charge in [0.2, 0.25) is 11.5 Å². The number of benzene rings is 1. The average molecular weight is 538 g/mol. The average Bonchev–Trinajstić information content (AvgIpc) is 3.09. The third kappa shape index (κ3) is 6.32. The van der Waals surface area contributed by atoms with E-state index in [-0.39, 0.29) is 18.1 Å². The van der Waals surface area contributed by atoms with E-state index in [1.807, 2.05) is 4.98 Å². The highest BCUT2D eigenvalue weighted by atomic mass is 31.1. The van der Waals surface area contributed by atoms with Gasteiger partial charge >= 0.3 is 19.8 Å². The van der Waals surface area contributed by atoms with Crippen molar-refractivity contribution in [1.29, 1.82) is 0 Å². The summed E-state index contributed by atoms with van der Waals surface area (Å²) in [5.74, 6) is -0.786. The molecule has 3 N–H and O–H groups in total. The fourth-order valence-corrected chi connectivity index (χ4v) is 4.06. The number of ether oxygens (including phenoxy) is 3. The first kappa shape index (κ1) is 27.8. The highest BCUT2D eigenvalue weighted by Crippen LogP contribution is 2.40. The minimum absolute atomic E-state index is 0.0349. The Morgan fingerprint density at radius 1 is 1.35 bits per heavy atom. The molecule has 0 saturated carbocycles. The van der Waals surface area contributed by atoms with Crippen LogP contribution in [0.2, 0.25) is 0 Å². The van der Waals surface area contributed by atoms with E-state index in [0.29, 0.717) is 0 Å². The Morgan fingerprint density at radius 3 is 2.70 bits per heavy atom. The third-order valence-corrected chi connectivity index (χ3v) is 5.99. The fraction of sp³-hybridized carbons (Fsp3) is 0.450. The monoisotopic (exact) mass is 538 g/mol. The number of para-hydroxylation sites is 2. The topological polar surface area (TPSA) is 233 Å². The lowest BCUT2D eigenvalue weighted by Crippen LogP contribution is -2.46. The molecular weight excluding hydrogens is 515 g/mol. The zero-order chi connectivity index (χ0) is 27.2. The molecule has 37 heavy (non-hydrogen) atoms. The molecule has 1 aromatic heterocycles. The highest BCUT2D eigenvalue weighted by Gasteiger charge is 2.56. The van der Waals surface area contributed by atoms with E-state index in [1.165, 1.54) is 31.2 Å². The molecule has 1 aromatic carbocycles. The molecule has 0 amide bonds. The van der Waals surface area contributed by atoms with Crippen molar-refractivity contribution >= 4 is 14.1 Å². The number of azide groups is 1. The van der Waals surface area contributed by atoms with Gasteiger partial charge in [-0.3, -0.25) is 18.9 Å². The van der Waals surface area contributed by atoms with Crippen LogP contribution >= 0.6 is 8.17 Å². The van der Waals surface area contributed by atoms with Crippen molar-refractivity contribution in [2.75, 3.05) is 13.2 Å². The molecule has 2 aromatic rings. The zero-order valence-electron chi connectivity index (χ0n) is 19.5. The van der Waals surface area contributed by atoms with E-state index in [0.717, 1.165) is 16.8 Å². The molecule has 6 atom stereocenters. The minimum atomic E-state index is -2.73. The number of hydrogen-bond donors (Lipinski definition) is 3. The van der Waals surface area contributed by atoms with Crippen LogP contribution in [0.25, 0.3) is 10.4 Å². The number of rotatable bonds is 10. The molecule has 0 radical (unpaired) electrons. The van der Waals surface area contributed by atoms with Crippen LogP contribution in [0.5, 0.6) is 11.5 Å². The number of aromatic nitrogens is 2. The summed E-state index contributed by atoms with van der Waals surface area (Å²) in [5.41, 5.74) is 5.23. The normalized spacial score (nSPS) is 24.1. The number of carbonyl (C=O) groups is 1. The van der Waals surface area contributed by atoms with Crippen LogP contribution in [0, 0.1) is 0 Å². The quantitative estimate of drug-likeness (QED) is 0.121. The van der Waals surface area contributed by atoms with Crippen LogP contribution in [0.4, 0.5) is 0 Å². The maximum Gasteiger partial charge on any atom is 0.395 e. The van der Waals surface area contributed by atoms with Crippen LogP contribution in [-0.2, 0) is 14.3 Å². The first-order valence-electron chi connectivity index (χ1n) is 10.8. The van der Waals surface area contributed by atoms with Crippen molar-refractivity contribution in [2.45, 2.75) is 44.1 Å². The van der Waals surface area contributed by atoms with E-state index in [2.05, 4.69) is 14.8 Å². The van der Waals surface area contributed by atoms with Crippen LogP contribution in [0.3, 0.4) is 0 Å². The lowest BCUT2D eigenvalue weighted by Gasteiger charge is -2.26. The number of carbonyl (C=O) groups excluding carboxylic acids is 1. The van der Waals surface area contributed by atoms with E-state index in [1.54, 1.807) is 6.92 Å². The molecule has 0 aliphatic carbocycles. The first-order chi connectivity index (χ1) is 17.6. The zero-order valence-corrected chi connectivity index (χ0v) is 20.4. The number of H-pyrrole nitrogens is 1. The highest BCUT2D eigenvalue weighted by molar-refractivity contribution is 7.34. The smallest absolute Gasteiger partial charge is 0.395 e. The van der Waals surface area contributed by atoms with E-state index >= 15 is 0 Å². The lowest BCUT2D eigenvalue weighted by atomic mass is 10.1. The molecule has 2 heterocycles. The summed E-state index contributed by atoms with van der Waals surface area (Å²) in [6, 6.07) is 5.80. The molecule has 1 aliphatic rings. The Bertz CT molecular complexity index is 1320. The lowest BCUT2D eigenvalue weighted by molar-refractivity contribution is -0.169. The standard InChI is InChI=1S/C20H23N6O10P/c1-3-33-18(30)11(2)23-37(32)36-13-7-5-4-6-12(13)34-10-20(24-25-21)16(29)15(28)17(35-20)26-9-8-14(27)22-19(26)31/h4-9,11,15-17,28-29H,3,10H2,1-2H3,(H,22,27,31)/t11-,15+,16-,17+,20+/m0/s1. The van der Waals surface area contributed by atoms with E-state index in [9.17, 15) is 29.5 Å². The summed E-state index contributed by atoms with van der Waals surface area (Å²) in [5, 5.41) is 24.6. The maximum atomic E-state index is 12.3. The van der Waals surface area contributed by atoms with Crippen molar-refractivity contribution < 1.29 is 38.6 Å². The Morgan fingerprint density at radius 2 is 2.05 bits per heavy atom. The van der Waals surface area contributed by atoms with Crippen molar-refractivity contribution in [2.24, 2.45) is 9.86 Å². The second-order valence-electron chi connectivity index (χ2n) is 7.60. The number of esters is 1. The third-order valence-electron chi connectivity index (χ3n) is 5.10.